The molecule has 6 nitrogen and oxygen atoms in total. The second-order valence-electron chi connectivity index (χ2n) is 15.2. The largest absolute Gasteiger partial charge is 0.466 e. The van der Waals surface area contributed by atoms with E-state index in [2.05, 4.69) is 179 Å². The molecule has 6 aromatic rings. The lowest BCUT2D eigenvalue weighted by Crippen LogP contribution is -2.12. The van der Waals surface area contributed by atoms with Gasteiger partial charge in [0, 0.05) is 47.0 Å². The van der Waals surface area contributed by atoms with Gasteiger partial charge in [0.2, 0.25) is 0 Å². The van der Waals surface area contributed by atoms with E-state index in [0.717, 1.165) is 68.4 Å². The molecule has 0 aliphatic heterocycles. The van der Waals surface area contributed by atoms with Gasteiger partial charge in [-0.1, -0.05) is 62.0 Å². The van der Waals surface area contributed by atoms with Crippen LogP contribution < -0.4 is 9.80 Å². The molecule has 0 radical (unpaired) electrons. The van der Waals surface area contributed by atoms with E-state index in [-0.39, 0.29) is 5.97 Å². The molecule has 0 aliphatic carbocycles. The third-order valence-electron chi connectivity index (χ3n) is 10.8. The van der Waals surface area contributed by atoms with Crippen LogP contribution in [-0.2, 0) is 32.1 Å². The second-order valence-corrected chi connectivity index (χ2v) is 15.2. The van der Waals surface area contributed by atoms with E-state index >= 15 is 0 Å². The molecular formula is C52H56N2O4. The molecule has 0 amide bonds. The molecule has 298 valence electrons. The Kier molecular flexibility index (Phi) is 13.5. The number of anilines is 6. The Morgan fingerprint density at radius 1 is 0.552 bits per heavy atom. The van der Waals surface area contributed by atoms with Crippen molar-refractivity contribution in [2.45, 2.75) is 74.1 Å². The number of esters is 1. The van der Waals surface area contributed by atoms with Crippen LogP contribution in [0.1, 0.15) is 64.3 Å². The van der Waals surface area contributed by atoms with Crippen molar-refractivity contribution in [3.8, 4) is 11.1 Å². The van der Waals surface area contributed by atoms with Gasteiger partial charge >= 0.3 is 5.97 Å². The van der Waals surface area contributed by atoms with Gasteiger partial charge in [0.15, 0.2) is 0 Å². The summed E-state index contributed by atoms with van der Waals surface area (Å²) in [4.78, 5) is 26.7. The number of hydrogen-bond donors (Lipinski definition) is 0. The molecule has 0 aliphatic rings. The number of hydrogen-bond acceptors (Lipinski definition) is 6. The minimum absolute atomic E-state index is 0.148. The van der Waals surface area contributed by atoms with Crippen LogP contribution >= 0.6 is 0 Å². The van der Waals surface area contributed by atoms with Crippen LogP contribution in [0.15, 0.2) is 134 Å². The number of carbonyl (C=O) groups excluding carboxylic acids is 1. The summed E-state index contributed by atoms with van der Waals surface area (Å²) < 4.78 is 5.29. The topological polar surface area (TPSA) is 51.2 Å². The molecule has 58 heavy (non-hydrogen) atoms. The van der Waals surface area contributed by atoms with E-state index in [1.165, 1.54) is 34.9 Å². The summed E-state index contributed by atoms with van der Waals surface area (Å²) in [5, 5.41) is 0. The Bertz CT molecular complexity index is 2380. The number of nitrogens with zero attached hydrogens (tertiary/aromatic N) is 2. The van der Waals surface area contributed by atoms with Gasteiger partial charge in [-0.3, -0.25) is 4.79 Å². The monoisotopic (exact) mass is 772 g/mol. The molecule has 0 N–H and O–H groups in total. The number of rotatable bonds is 16. The summed E-state index contributed by atoms with van der Waals surface area (Å²) in [6.45, 7) is 19.4. The number of aryl methyl sites for hydroxylation is 7. The molecule has 0 heterocycles. The van der Waals surface area contributed by atoms with Crippen LogP contribution in [0.4, 0.5) is 34.1 Å². The molecule has 0 spiro atoms. The maximum Gasteiger partial charge on any atom is 0.306 e. The highest BCUT2D eigenvalue weighted by molar-refractivity contribution is 5.84. The molecule has 0 aromatic heterocycles. The average molecular weight is 773 g/mol. The van der Waals surface area contributed by atoms with E-state index < -0.39 is 0 Å². The van der Waals surface area contributed by atoms with Crippen molar-refractivity contribution < 1.29 is 19.3 Å². The number of ether oxygens (including phenoxy) is 1. The van der Waals surface area contributed by atoms with Gasteiger partial charge in [-0.05, 0) is 183 Å². The minimum Gasteiger partial charge on any atom is -0.466 e. The second kappa shape index (κ2) is 18.9. The van der Waals surface area contributed by atoms with Crippen LogP contribution in [0.3, 0.4) is 0 Å². The molecular weight excluding hydrogens is 717 g/mol. The Morgan fingerprint density at radius 3 is 1.45 bits per heavy atom. The van der Waals surface area contributed by atoms with Crippen LogP contribution in [0.5, 0.6) is 0 Å². The zero-order chi connectivity index (χ0) is 41.3. The van der Waals surface area contributed by atoms with Crippen molar-refractivity contribution in [2.75, 3.05) is 23.5 Å². The zero-order valence-electron chi connectivity index (χ0n) is 35.3. The van der Waals surface area contributed by atoms with E-state index in [1.807, 2.05) is 6.92 Å². The van der Waals surface area contributed by atoms with Crippen molar-refractivity contribution in [1.29, 1.82) is 0 Å². The van der Waals surface area contributed by atoms with E-state index in [0.29, 0.717) is 31.6 Å². The molecule has 0 bridgehead atoms. The normalized spacial score (nSPS) is 11.0. The lowest BCUT2D eigenvalue weighted by Gasteiger charge is -2.29. The van der Waals surface area contributed by atoms with Gasteiger partial charge < -0.3 is 19.4 Å². The molecule has 6 aromatic carbocycles. The van der Waals surface area contributed by atoms with Gasteiger partial charge in [-0.15, -0.1) is 0 Å². The maximum absolute atomic E-state index is 12.2. The van der Waals surface area contributed by atoms with Gasteiger partial charge in [-0.25, -0.2) is 0 Å². The number of allylic oxidation sites excluding steroid dienone is 1. The summed E-state index contributed by atoms with van der Waals surface area (Å²) in [6, 6.07) is 43.8. The summed E-state index contributed by atoms with van der Waals surface area (Å²) in [5.41, 5.74) is 18.4. The Morgan fingerprint density at radius 2 is 1.02 bits per heavy atom. The van der Waals surface area contributed by atoms with Crippen molar-refractivity contribution in [1.82, 2.24) is 0 Å². The standard InChI is InChI=1S/C52H56N2O4/c1-10-29-57-52(55)28-17-42-13-22-46(23-14-42)53(48-20-11-35(2)37(4)32-48)50-26-18-44(30-39(50)6)45-19-27-51(40(7)31-45)54(49-21-12-36(3)38(5)33-49)47-24-15-43(16-25-47)34-41(8)58-56-9/h11-16,18-27,30-33H,8,10,17,28-29,34H2,1-7,9H3. The average Bonchev–Trinajstić information content (AvgIpc) is 3.21. The third kappa shape index (κ3) is 9.88. The summed E-state index contributed by atoms with van der Waals surface area (Å²) in [7, 11) is 1.49. The van der Waals surface area contributed by atoms with Gasteiger partial charge in [-0.2, -0.15) is 4.89 Å². The molecule has 0 saturated carbocycles. The molecule has 0 atom stereocenters. The first-order chi connectivity index (χ1) is 27.9. The van der Waals surface area contributed by atoms with Gasteiger partial charge in [0.05, 0.1) is 13.7 Å². The number of benzene rings is 6. The summed E-state index contributed by atoms with van der Waals surface area (Å²) in [6.07, 6.45) is 2.42. The van der Waals surface area contributed by atoms with Crippen molar-refractivity contribution in [2.24, 2.45) is 0 Å². The number of carbonyl (C=O) groups is 1. The van der Waals surface area contributed by atoms with Crippen molar-refractivity contribution in [3.05, 3.63) is 178 Å². The Hall–Kier alpha value is -6.11. The van der Waals surface area contributed by atoms with Gasteiger partial charge in [0.25, 0.3) is 0 Å². The predicted octanol–water partition coefficient (Wildman–Crippen LogP) is 13.7. The van der Waals surface area contributed by atoms with Crippen LogP contribution in [0, 0.1) is 41.5 Å². The molecule has 0 saturated heterocycles. The highest BCUT2D eigenvalue weighted by atomic mass is 17.2. The zero-order valence-corrected chi connectivity index (χ0v) is 35.3. The van der Waals surface area contributed by atoms with Crippen molar-refractivity contribution in [3.63, 3.8) is 0 Å². The molecule has 6 rings (SSSR count). The summed E-state index contributed by atoms with van der Waals surface area (Å²) in [5.74, 6) is 0.409. The van der Waals surface area contributed by atoms with E-state index in [4.69, 9.17) is 14.5 Å². The Labute approximate surface area is 345 Å². The first-order valence-corrected chi connectivity index (χ1v) is 20.1. The fraction of sp³-hybridized carbons (Fsp3) is 0.250. The maximum atomic E-state index is 12.2. The highest BCUT2D eigenvalue weighted by Crippen LogP contribution is 2.41. The van der Waals surface area contributed by atoms with Crippen LogP contribution in [0.2, 0.25) is 0 Å². The van der Waals surface area contributed by atoms with Gasteiger partial charge in [0.1, 0.15) is 5.76 Å². The minimum atomic E-state index is -0.148. The quantitative estimate of drug-likeness (QED) is 0.0423. The molecule has 0 fully saturated rings. The summed E-state index contributed by atoms with van der Waals surface area (Å²) >= 11 is 0. The third-order valence-corrected chi connectivity index (χ3v) is 10.8. The molecule has 6 heteroatoms. The first kappa shape index (κ1) is 41.5. The fourth-order valence-corrected chi connectivity index (χ4v) is 7.24. The van der Waals surface area contributed by atoms with E-state index in [1.54, 1.807) is 0 Å². The van der Waals surface area contributed by atoms with Crippen molar-refractivity contribution >= 4 is 40.1 Å². The SMILES string of the molecule is C=C(Cc1ccc(N(c2ccc(C)c(C)c2)c2ccc(-c3ccc(N(c4ccc(CCC(=O)OCCC)cc4)c4ccc(C)c(C)c4)c(C)c3)cc2C)cc1)OOC. The van der Waals surface area contributed by atoms with Crippen LogP contribution in [0.25, 0.3) is 11.1 Å². The predicted molar refractivity (Wildman–Crippen MR) is 240 cm³/mol. The van der Waals surface area contributed by atoms with Crippen LogP contribution in [-0.4, -0.2) is 19.7 Å². The lowest BCUT2D eigenvalue weighted by molar-refractivity contribution is -0.238. The Balaban J connectivity index is 1.32. The fourth-order valence-electron chi connectivity index (χ4n) is 7.24. The lowest BCUT2D eigenvalue weighted by atomic mass is 9.98. The first-order valence-electron chi connectivity index (χ1n) is 20.1. The molecule has 0 unspecified atom stereocenters. The smallest absolute Gasteiger partial charge is 0.306 e. The van der Waals surface area contributed by atoms with E-state index in [9.17, 15) is 4.79 Å². The highest BCUT2D eigenvalue weighted by Gasteiger charge is 2.19.